The summed E-state index contributed by atoms with van der Waals surface area (Å²) in [6.07, 6.45) is 0. The summed E-state index contributed by atoms with van der Waals surface area (Å²) in [7, 11) is 1.33. The van der Waals surface area contributed by atoms with Crippen molar-refractivity contribution in [1.29, 1.82) is 0 Å². The monoisotopic (exact) mass is 460 g/mol. The number of carbonyl (C=O) groups excluding carboxylic acids is 2. The molecule has 0 spiro atoms. The number of anilines is 1. The van der Waals surface area contributed by atoms with Gasteiger partial charge in [0.15, 0.2) is 0 Å². The third kappa shape index (κ3) is 4.45. The van der Waals surface area contributed by atoms with Gasteiger partial charge >= 0.3 is 5.97 Å². The van der Waals surface area contributed by atoms with Gasteiger partial charge in [-0.2, -0.15) is 0 Å². The van der Waals surface area contributed by atoms with Gasteiger partial charge in [-0.1, -0.05) is 18.2 Å². The van der Waals surface area contributed by atoms with E-state index in [-0.39, 0.29) is 5.91 Å². The largest absolute Gasteiger partial charge is 0.494 e. The molecule has 4 aromatic rings. The SMILES string of the molecule is CCOc1ccc(-c2cc(C(=O)Nc3sc(C)c(C)c3C(=O)OC)c3ccccc3n2)cc1. The van der Waals surface area contributed by atoms with Gasteiger partial charge in [0.05, 0.1) is 36.1 Å². The zero-order valence-electron chi connectivity index (χ0n) is 18.9. The molecule has 2 aromatic carbocycles. The van der Waals surface area contributed by atoms with Crippen LogP contribution in [0.2, 0.25) is 0 Å². The number of para-hydroxylation sites is 1. The molecule has 0 fully saturated rings. The zero-order chi connectivity index (χ0) is 23.5. The summed E-state index contributed by atoms with van der Waals surface area (Å²) in [5, 5.41) is 4.14. The van der Waals surface area contributed by atoms with E-state index < -0.39 is 5.97 Å². The van der Waals surface area contributed by atoms with Gasteiger partial charge in [0, 0.05) is 15.8 Å². The number of aryl methyl sites for hydroxylation is 1. The molecule has 6 nitrogen and oxygen atoms in total. The van der Waals surface area contributed by atoms with Crippen molar-refractivity contribution < 1.29 is 19.1 Å². The Morgan fingerprint density at radius 1 is 1.06 bits per heavy atom. The Labute approximate surface area is 196 Å². The maximum Gasteiger partial charge on any atom is 0.341 e. The molecule has 168 valence electrons. The first-order valence-corrected chi connectivity index (χ1v) is 11.4. The second-order valence-corrected chi connectivity index (χ2v) is 8.69. The number of ether oxygens (including phenoxy) is 2. The lowest BCUT2D eigenvalue weighted by Gasteiger charge is -2.11. The van der Waals surface area contributed by atoms with Crippen LogP contribution in [0.5, 0.6) is 5.75 Å². The van der Waals surface area contributed by atoms with E-state index >= 15 is 0 Å². The summed E-state index contributed by atoms with van der Waals surface area (Å²) in [6, 6.07) is 16.9. The maximum atomic E-state index is 13.4. The molecular weight excluding hydrogens is 436 g/mol. The summed E-state index contributed by atoms with van der Waals surface area (Å²) >= 11 is 1.36. The second kappa shape index (κ2) is 9.42. The molecule has 0 aliphatic heterocycles. The highest BCUT2D eigenvalue weighted by molar-refractivity contribution is 7.16. The number of nitrogens with zero attached hydrogens (tertiary/aromatic N) is 1. The van der Waals surface area contributed by atoms with Crippen LogP contribution >= 0.6 is 11.3 Å². The van der Waals surface area contributed by atoms with Crippen LogP contribution in [0.15, 0.2) is 54.6 Å². The normalized spacial score (nSPS) is 10.8. The minimum Gasteiger partial charge on any atom is -0.494 e. The van der Waals surface area contributed by atoms with Gasteiger partial charge in [-0.15, -0.1) is 11.3 Å². The third-order valence-electron chi connectivity index (χ3n) is 5.42. The number of methoxy groups -OCH3 is 1. The summed E-state index contributed by atoms with van der Waals surface area (Å²) in [5.41, 5.74) is 3.92. The van der Waals surface area contributed by atoms with E-state index in [0.29, 0.717) is 33.9 Å². The van der Waals surface area contributed by atoms with Crippen LogP contribution in [0, 0.1) is 13.8 Å². The van der Waals surface area contributed by atoms with E-state index in [2.05, 4.69) is 5.32 Å². The smallest absolute Gasteiger partial charge is 0.341 e. The molecule has 0 bridgehead atoms. The average Bonchev–Trinajstić information content (AvgIpc) is 3.11. The lowest BCUT2D eigenvalue weighted by molar-refractivity contribution is 0.0601. The second-order valence-electron chi connectivity index (χ2n) is 7.46. The first kappa shape index (κ1) is 22.5. The highest BCUT2D eigenvalue weighted by atomic mass is 32.1. The molecular formula is C26H24N2O4S. The first-order chi connectivity index (χ1) is 15.9. The lowest BCUT2D eigenvalue weighted by atomic mass is 10.0. The highest BCUT2D eigenvalue weighted by Gasteiger charge is 2.23. The van der Waals surface area contributed by atoms with Crippen molar-refractivity contribution in [3.63, 3.8) is 0 Å². The Kier molecular flexibility index (Phi) is 6.42. The number of nitrogens with one attached hydrogen (secondary N) is 1. The molecule has 1 N–H and O–H groups in total. The fourth-order valence-electron chi connectivity index (χ4n) is 3.63. The van der Waals surface area contributed by atoms with Crippen LogP contribution in [-0.2, 0) is 4.74 Å². The van der Waals surface area contributed by atoms with Crippen LogP contribution in [0.25, 0.3) is 22.2 Å². The fourth-order valence-corrected chi connectivity index (χ4v) is 4.68. The van der Waals surface area contributed by atoms with Gasteiger partial charge in [0.1, 0.15) is 10.8 Å². The molecule has 2 heterocycles. The summed E-state index contributed by atoms with van der Waals surface area (Å²) in [6.45, 7) is 6.28. The molecule has 7 heteroatoms. The number of pyridine rings is 1. The molecule has 0 atom stereocenters. The van der Waals surface area contributed by atoms with Crippen LogP contribution in [0.3, 0.4) is 0 Å². The van der Waals surface area contributed by atoms with Crippen molar-refractivity contribution in [2.75, 3.05) is 19.0 Å². The quantitative estimate of drug-likeness (QED) is 0.356. The predicted molar refractivity (Wildman–Crippen MR) is 131 cm³/mol. The molecule has 0 saturated carbocycles. The van der Waals surface area contributed by atoms with Gasteiger partial charge in [-0.3, -0.25) is 4.79 Å². The number of rotatable bonds is 6. The third-order valence-corrected chi connectivity index (χ3v) is 6.55. The van der Waals surface area contributed by atoms with E-state index in [1.807, 2.05) is 69.3 Å². The molecule has 0 aliphatic carbocycles. The average molecular weight is 461 g/mol. The van der Waals surface area contributed by atoms with Gasteiger partial charge < -0.3 is 14.8 Å². The molecule has 0 unspecified atom stereocenters. The number of carbonyl (C=O) groups is 2. The Hall–Kier alpha value is -3.71. The van der Waals surface area contributed by atoms with Crippen LogP contribution in [0.1, 0.15) is 38.1 Å². The Bertz CT molecular complexity index is 1340. The molecule has 0 saturated heterocycles. The number of thiophene rings is 1. The number of hydrogen-bond donors (Lipinski definition) is 1. The van der Waals surface area contributed by atoms with E-state index in [9.17, 15) is 9.59 Å². The number of benzene rings is 2. The number of esters is 1. The van der Waals surface area contributed by atoms with Crippen LogP contribution in [0.4, 0.5) is 5.00 Å². The minimum atomic E-state index is -0.471. The minimum absolute atomic E-state index is 0.313. The van der Waals surface area contributed by atoms with E-state index in [1.165, 1.54) is 18.4 Å². The number of fused-ring (bicyclic) bond motifs is 1. The van der Waals surface area contributed by atoms with Crippen molar-refractivity contribution >= 4 is 39.1 Å². The van der Waals surface area contributed by atoms with Crippen molar-refractivity contribution in [2.24, 2.45) is 0 Å². The summed E-state index contributed by atoms with van der Waals surface area (Å²) < 4.78 is 10.5. The predicted octanol–water partition coefficient (Wildman–Crippen LogP) is 6.02. The number of hydrogen-bond acceptors (Lipinski definition) is 6. The summed E-state index contributed by atoms with van der Waals surface area (Å²) in [5.74, 6) is -0.00668. The Balaban J connectivity index is 1.77. The standard InChI is InChI=1S/C26H24N2O4S/c1-5-32-18-12-10-17(11-13-18)22-14-20(19-8-6-7-9-21(19)27-22)24(29)28-25-23(26(30)31-4)15(2)16(3)33-25/h6-14H,5H2,1-4H3,(H,28,29). The van der Waals surface area contributed by atoms with Gasteiger partial charge in [-0.25, -0.2) is 9.78 Å². The molecule has 0 aliphatic rings. The first-order valence-electron chi connectivity index (χ1n) is 10.6. The molecule has 2 aromatic heterocycles. The molecule has 4 rings (SSSR count). The van der Waals surface area contributed by atoms with Crippen molar-refractivity contribution in [3.8, 4) is 17.0 Å². The molecule has 1 amide bonds. The van der Waals surface area contributed by atoms with Crippen LogP contribution < -0.4 is 10.1 Å². The molecule has 33 heavy (non-hydrogen) atoms. The number of amides is 1. The summed E-state index contributed by atoms with van der Waals surface area (Å²) in [4.78, 5) is 31.5. The topological polar surface area (TPSA) is 77.5 Å². The van der Waals surface area contributed by atoms with Crippen LogP contribution in [-0.4, -0.2) is 30.6 Å². The van der Waals surface area contributed by atoms with Gasteiger partial charge in [0.25, 0.3) is 5.91 Å². The molecule has 0 radical (unpaired) electrons. The van der Waals surface area contributed by atoms with Crippen molar-refractivity contribution in [1.82, 2.24) is 4.98 Å². The van der Waals surface area contributed by atoms with E-state index in [4.69, 9.17) is 14.5 Å². The van der Waals surface area contributed by atoms with Crippen molar-refractivity contribution in [2.45, 2.75) is 20.8 Å². The highest BCUT2D eigenvalue weighted by Crippen LogP contribution is 2.34. The zero-order valence-corrected chi connectivity index (χ0v) is 19.7. The van der Waals surface area contributed by atoms with E-state index in [1.54, 1.807) is 6.07 Å². The van der Waals surface area contributed by atoms with Gasteiger partial charge in [-0.05, 0) is 62.7 Å². The van der Waals surface area contributed by atoms with Crippen molar-refractivity contribution in [3.05, 3.63) is 76.2 Å². The fraction of sp³-hybridized carbons (Fsp3) is 0.192. The Morgan fingerprint density at radius 3 is 2.48 bits per heavy atom. The Morgan fingerprint density at radius 2 is 1.79 bits per heavy atom. The lowest BCUT2D eigenvalue weighted by Crippen LogP contribution is -2.15. The van der Waals surface area contributed by atoms with Gasteiger partial charge in [0.2, 0.25) is 0 Å². The maximum absolute atomic E-state index is 13.4. The number of aromatic nitrogens is 1. The van der Waals surface area contributed by atoms with E-state index in [0.717, 1.165) is 27.1 Å².